The average molecular weight is 469 g/mol. The van der Waals surface area contributed by atoms with Crippen molar-refractivity contribution in [2.45, 2.75) is 51.7 Å². The van der Waals surface area contributed by atoms with Gasteiger partial charge in [-0.2, -0.15) is 19.7 Å². The van der Waals surface area contributed by atoms with Crippen LogP contribution in [-0.4, -0.2) is 64.8 Å². The molecule has 5 rings (SSSR count). The first-order valence-corrected chi connectivity index (χ1v) is 12.1. The summed E-state index contributed by atoms with van der Waals surface area (Å²) >= 11 is 1.41. The first-order chi connectivity index (χ1) is 16.0. The number of carbonyl (C=O) groups is 1. The van der Waals surface area contributed by atoms with Gasteiger partial charge in [-0.1, -0.05) is 0 Å². The Morgan fingerprint density at radius 3 is 2.97 bits per heavy atom. The average Bonchev–Trinajstić information content (AvgIpc) is 3.04. The molecule has 11 heteroatoms. The number of piperidine rings is 1. The number of hydrazone groups is 2. The van der Waals surface area contributed by atoms with Crippen molar-refractivity contribution in [2.24, 2.45) is 20.3 Å². The first-order valence-electron chi connectivity index (χ1n) is 11.1. The van der Waals surface area contributed by atoms with Crippen molar-refractivity contribution in [3.63, 3.8) is 0 Å². The van der Waals surface area contributed by atoms with Crippen LogP contribution in [-0.2, 0) is 11.3 Å². The van der Waals surface area contributed by atoms with Crippen LogP contribution in [0.2, 0.25) is 0 Å². The quantitative estimate of drug-likeness (QED) is 0.554. The van der Waals surface area contributed by atoms with Crippen LogP contribution in [0.5, 0.6) is 5.75 Å². The number of aryl methyl sites for hydroxylation is 1. The lowest BCUT2D eigenvalue weighted by Gasteiger charge is -2.27. The summed E-state index contributed by atoms with van der Waals surface area (Å²) in [6.07, 6.45) is 4.29. The second kappa shape index (κ2) is 8.79. The van der Waals surface area contributed by atoms with E-state index in [2.05, 4.69) is 20.0 Å². The largest absolute Gasteiger partial charge is 0.496 e. The number of nitrogens with two attached hydrogens (primary N) is 1. The van der Waals surface area contributed by atoms with Gasteiger partial charge in [0.2, 0.25) is 5.91 Å². The van der Waals surface area contributed by atoms with Gasteiger partial charge >= 0.3 is 0 Å². The van der Waals surface area contributed by atoms with Crippen molar-refractivity contribution < 1.29 is 9.53 Å². The number of nitrogens with one attached hydrogen (secondary N) is 2. The predicted molar refractivity (Wildman–Crippen MR) is 129 cm³/mol. The van der Waals surface area contributed by atoms with E-state index in [-0.39, 0.29) is 18.0 Å². The lowest BCUT2D eigenvalue weighted by molar-refractivity contribution is -0.124. The molecule has 3 aliphatic heterocycles. The number of aromatic nitrogens is 1. The van der Waals surface area contributed by atoms with Crippen molar-refractivity contribution in [3.05, 3.63) is 34.2 Å². The second-order valence-electron chi connectivity index (χ2n) is 8.63. The molecule has 4 N–H and O–H groups in total. The lowest BCUT2D eigenvalue weighted by atomic mass is 10.0. The summed E-state index contributed by atoms with van der Waals surface area (Å²) in [5, 5.41) is 17.7. The number of hydrogen-bond donors (Lipinski definition) is 3. The van der Waals surface area contributed by atoms with Crippen LogP contribution in [0.3, 0.4) is 0 Å². The normalized spacial score (nSPS) is 24.5. The molecule has 0 aromatic carbocycles. The van der Waals surface area contributed by atoms with E-state index >= 15 is 0 Å². The Morgan fingerprint density at radius 1 is 1.33 bits per heavy atom. The van der Waals surface area contributed by atoms with E-state index in [0.717, 1.165) is 58.8 Å². The summed E-state index contributed by atoms with van der Waals surface area (Å²) in [6.45, 7) is 5.10. The molecule has 174 valence electrons. The highest BCUT2D eigenvalue weighted by Gasteiger charge is 2.40. The molecule has 1 aliphatic carbocycles. The smallest absolute Gasteiger partial charge is 0.237 e. The van der Waals surface area contributed by atoms with Crippen molar-refractivity contribution in [1.82, 2.24) is 20.7 Å². The van der Waals surface area contributed by atoms with E-state index in [1.807, 2.05) is 13.8 Å². The Labute approximate surface area is 197 Å². The number of carbonyl (C=O) groups excluding carboxylic acids is 1. The minimum absolute atomic E-state index is 0.00526. The maximum atomic E-state index is 12.3. The van der Waals surface area contributed by atoms with Crippen LogP contribution in [0.15, 0.2) is 31.9 Å². The zero-order chi connectivity index (χ0) is 23.1. The molecule has 0 saturated carbocycles. The van der Waals surface area contributed by atoms with Gasteiger partial charge in [-0.25, -0.2) is 0 Å². The van der Waals surface area contributed by atoms with Gasteiger partial charge in [-0.05, 0) is 44.2 Å². The van der Waals surface area contributed by atoms with Gasteiger partial charge in [0.05, 0.1) is 24.6 Å². The van der Waals surface area contributed by atoms with Crippen LogP contribution in [0.25, 0.3) is 0 Å². The third kappa shape index (κ3) is 3.99. The summed E-state index contributed by atoms with van der Waals surface area (Å²) in [7, 11) is 1.66. The minimum atomic E-state index is -0.201. The third-order valence-corrected chi connectivity index (χ3v) is 7.24. The Morgan fingerprint density at radius 2 is 2.18 bits per heavy atom. The predicted octanol–water partition coefficient (Wildman–Crippen LogP) is 1.19. The SMILES string of the molecule is COc1c(C)cnc(CN2N=C3CC(N[C@H]4CCCNC4=O)C4=C3C(=N2)C(N)=NSC4)c1C. The Balaban J connectivity index is 1.45. The zero-order valence-electron chi connectivity index (χ0n) is 19.0. The molecule has 1 saturated heterocycles. The lowest BCUT2D eigenvalue weighted by Crippen LogP contribution is -2.51. The van der Waals surface area contributed by atoms with Gasteiger partial charge in [0.1, 0.15) is 18.0 Å². The number of amidine groups is 1. The number of pyridine rings is 1. The van der Waals surface area contributed by atoms with E-state index < -0.39 is 0 Å². The number of methoxy groups -OCH3 is 1. The Kier molecular flexibility index (Phi) is 5.83. The fourth-order valence-electron chi connectivity index (χ4n) is 4.82. The van der Waals surface area contributed by atoms with Crippen molar-refractivity contribution in [3.8, 4) is 5.75 Å². The molecule has 1 amide bonds. The molecule has 1 unspecified atom stereocenters. The molecular weight excluding hydrogens is 440 g/mol. The molecule has 10 nitrogen and oxygen atoms in total. The topological polar surface area (TPSA) is 130 Å². The number of rotatable bonds is 5. The van der Waals surface area contributed by atoms with Gasteiger partial charge in [0, 0.05) is 47.7 Å². The molecule has 0 bridgehead atoms. The fourth-order valence-corrected chi connectivity index (χ4v) is 5.59. The van der Waals surface area contributed by atoms with Crippen LogP contribution in [0, 0.1) is 13.8 Å². The molecule has 0 spiro atoms. The number of hydrogen-bond acceptors (Lipinski definition) is 10. The fraction of sp³-hybridized carbons (Fsp3) is 0.500. The molecule has 1 fully saturated rings. The van der Waals surface area contributed by atoms with Crippen LogP contribution in [0.4, 0.5) is 0 Å². The van der Waals surface area contributed by atoms with Crippen molar-refractivity contribution in [2.75, 3.05) is 19.4 Å². The third-order valence-electron chi connectivity index (χ3n) is 6.47. The van der Waals surface area contributed by atoms with Crippen LogP contribution >= 0.6 is 11.9 Å². The minimum Gasteiger partial charge on any atom is -0.496 e. The molecule has 4 aliphatic rings. The van der Waals surface area contributed by atoms with Crippen LogP contribution in [0.1, 0.15) is 36.1 Å². The zero-order valence-corrected chi connectivity index (χ0v) is 19.8. The highest BCUT2D eigenvalue weighted by atomic mass is 32.2. The number of nitrogens with zero attached hydrogens (tertiary/aromatic N) is 5. The highest BCUT2D eigenvalue weighted by Crippen LogP contribution is 2.35. The van der Waals surface area contributed by atoms with Crippen LogP contribution < -0.4 is 21.1 Å². The molecule has 1 aromatic rings. The molecule has 2 atom stereocenters. The second-order valence-corrected chi connectivity index (χ2v) is 9.36. The van der Waals surface area contributed by atoms with E-state index in [1.165, 1.54) is 11.9 Å². The van der Waals surface area contributed by atoms with Gasteiger partial charge in [0.15, 0.2) is 5.84 Å². The van der Waals surface area contributed by atoms with Gasteiger partial charge in [-0.3, -0.25) is 15.1 Å². The molecular formula is C22H28N8O2S. The Hall–Kier alpha value is -2.92. The summed E-state index contributed by atoms with van der Waals surface area (Å²) in [5.74, 6) is 1.97. The van der Waals surface area contributed by atoms with Gasteiger partial charge < -0.3 is 15.8 Å². The molecule has 0 radical (unpaired) electrons. The highest BCUT2D eigenvalue weighted by molar-refractivity contribution is 7.98. The standard InChI is InChI=1S/C22H28N8O2S/c1-11-8-25-17(12(2)20(11)32-3)9-30-27-16-7-15(26-14-5-4-6-24-22(14)31)13-10-33-29-21(23)19(28-30)18(13)16/h8,14-15,26H,4-7,9-10H2,1-3H3,(H2,23,29)(H,24,31)/t14-,15?/m0/s1. The number of amides is 1. The summed E-state index contributed by atoms with van der Waals surface area (Å²) < 4.78 is 9.98. The van der Waals surface area contributed by atoms with Gasteiger partial charge in [-0.15, -0.1) is 0 Å². The Bertz CT molecular complexity index is 1130. The van der Waals surface area contributed by atoms with Crippen molar-refractivity contribution >= 4 is 35.1 Å². The molecule has 1 aromatic heterocycles. The monoisotopic (exact) mass is 468 g/mol. The summed E-state index contributed by atoms with van der Waals surface area (Å²) in [4.78, 5) is 16.9. The van der Waals surface area contributed by atoms with E-state index in [9.17, 15) is 4.79 Å². The number of ether oxygens (including phenoxy) is 1. The van der Waals surface area contributed by atoms with E-state index in [4.69, 9.17) is 20.7 Å². The molecule has 4 heterocycles. The summed E-state index contributed by atoms with van der Waals surface area (Å²) in [6, 6.07) is -0.196. The first kappa shape index (κ1) is 21.9. The molecule has 33 heavy (non-hydrogen) atoms. The summed E-state index contributed by atoms with van der Waals surface area (Å²) in [5.41, 5.74) is 12.8. The maximum Gasteiger partial charge on any atom is 0.237 e. The van der Waals surface area contributed by atoms with E-state index in [1.54, 1.807) is 18.4 Å². The maximum absolute atomic E-state index is 12.3. The van der Waals surface area contributed by atoms with E-state index in [0.29, 0.717) is 30.3 Å². The van der Waals surface area contributed by atoms with Gasteiger partial charge in [0.25, 0.3) is 0 Å². The van der Waals surface area contributed by atoms with Crippen molar-refractivity contribution in [1.29, 1.82) is 0 Å².